The molecule has 234 valence electrons. The lowest BCUT2D eigenvalue weighted by atomic mass is 10.0. The molecule has 0 bridgehead atoms. The number of thiophene rings is 4. The Labute approximate surface area is 281 Å². The van der Waals surface area contributed by atoms with Gasteiger partial charge in [-0.25, -0.2) is 0 Å². The van der Waals surface area contributed by atoms with Crippen molar-refractivity contribution < 1.29 is 0 Å². The minimum Gasteiger partial charge on any atom is -0.309 e. The van der Waals surface area contributed by atoms with E-state index >= 15 is 0 Å². The van der Waals surface area contributed by atoms with Crippen LogP contribution in [-0.2, 0) is 12.8 Å². The van der Waals surface area contributed by atoms with Crippen LogP contribution < -0.4 is 9.44 Å². The molecule has 0 amide bonds. The predicted octanol–water partition coefficient (Wildman–Crippen LogP) is 14.7. The molecule has 0 atom stereocenters. The van der Waals surface area contributed by atoms with Crippen LogP contribution in [-0.4, -0.2) is 0 Å². The lowest BCUT2D eigenvalue weighted by Gasteiger charge is -2.03. The zero-order valence-corrected chi connectivity index (χ0v) is 30.3. The van der Waals surface area contributed by atoms with Crippen LogP contribution in [0.25, 0.3) is 29.3 Å². The van der Waals surface area contributed by atoms with E-state index in [9.17, 15) is 0 Å². The molecule has 4 aromatic rings. The molecule has 5 rings (SSSR count). The summed E-state index contributed by atoms with van der Waals surface area (Å²) in [6.45, 7) is 4.60. The number of nitrogens with one attached hydrogen (secondary N) is 2. The van der Waals surface area contributed by atoms with Gasteiger partial charge in [0.05, 0.1) is 33.3 Å². The smallest absolute Gasteiger partial charge is 0.0902 e. The molecule has 0 spiro atoms. The molecule has 43 heavy (non-hydrogen) atoms. The molecule has 0 saturated heterocycles. The molecule has 1 aliphatic heterocycles. The second-order valence-electron chi connectivity index (χ2n) is 12.0. The number of aryl methyl sites for hydroxylation is 2. The van der Waals surface area contributed by atoms with E-state index in [0.29, 0.717) is 0 Å². The summed E-state index contributed by atoms with van der Waals surface area (Å²) in [5.74, 6) is 0. The summed E-state index contributed by atoms with van der Waals surface area (Å²) in [6.07, 6.45) is 24.4. The normalized spacial score (nSPS) is 12.5. The molecule has 0 aliphatic carbocycles. The molecule has 0 aromatic carbocycles. The molecule has 0 radical (unpaired) electrons. The number of hydrogen-bond donors (Lipinski definition) is 2. The number of anilines is 2. The summed E-state index contributed by atoms with van der Waals surface area (Å²) >= 11 is 9.38. The molecule has 0 saturated carbocycles. The van der Waals surface area contributed by atoms with Crippen LogP contribution >= 0.6 is 57.5 Å². The minimum atomic E-state index is 1.19. The van der Waals surface area contributed by atoms with Gasteiger partial charge in [-0.15, -0.1) is 45.3 Å². The van der Waals surface area contributed by atoms with Gasteiger partial charge in [-0.05, 0) is 65.8 Å². The maximum absolute atomic E-state index is 3.60. The fourth-order valence-electron chi connectivity index (χ4n) is 5.98. The Morgan fingerprint density at radius 1 is 0.558 bits per heavy atom. The zero-order chi connectivity index (χ0) is 29.7. The zero-order valence-electron chi connectivity index (χ0n) is 26.2. The summed E-state index contributed by atoms with van der Waals surface area (Å²) in [6, 6.07) is 9.48. The van der Waals surface area contributed by atoms with E-state index in [1.54, 1.807) is 17.7 Å². The Bertz CT molecular complexity index is 1350. The molecular formula is C36H50N2S5. The number of hydrogen-bond acceptors (Lipinski definition) is 7. The van der Waals surface area contributed by atoms with Crippen LogP contribution in [0, 0.1) is 0 Å². The van der Waals surface area contributed by atoms with E-state index in [4.69, 9.17) is 0 Å². The van der Waals surface area contributed by atoms with Crippen LogP contribution in [0.15, 0.2) is 35.0 Å². The first kappa shape index (κ1) is 33.1. The maximum atomic E-state index is 3.60. The van der Waals surface area contributed by atoms with Crippen molar-refractivity contribution in [2.75, 3.05) is 9.44 Å². The summed E-state index contributed by atoms with van der Waals surface area (Å²) in [5.41, 5.74) is 5.61. The average Bonchev–Trinajstić information content (AvgIpc) is 3.85. The summed E-state index contributed by atoms with van der Waals surface area (Å²) in [4.78, 5) is 8.52. The van der Waals surface area contributed by atoms with Crippen LogP contribution in [0.1, 0.15) is 128 Å². The second-order valence-corrected chi connectivity index (χ2v) is 16.6. The molecule has 7 heteroatoms. The van der Waals surface area contributed by atoms with Crippen molar-refractivity contribution in [3.63, 3.8) is 0 Å². The predicted molar refractivity (Wildman–Crippen MR) is 202 cm³/mol. The molecule has 0 fully saturated rings. The van der Waals surface area contributed by atoms with Crippen molar-refractivity contribution in [2.45, 2.75) is 129 Å². The minimum absolute atomic E-state index is 1.19. The van der Waals surface area contributed by atoms with E-state index in [1.165, 1.54) is 162 Å². The second kappa shape index (κ2) is 18.0. The first-order valence-corrected chi connectivity index (χ1v) is 21.1. The lowest BCUT2D eigenvalue weighted by Crippen LogP contribution is -1.86. The molecule has 1 aliphatic rings. The highest BCUT2D eigenvalue weighted by molar-refractivity contribution is 8.02. The Morgan fingerprint density at radius 2 is 1.16 bits per heavy atom. The highest BCUT2D eigenvalue weighted by Gasteiger charge is 2.27. The molecule has 4 aromatic heterocycles. The Hall–Kier alpha value is -1.25. The van der Waals surface area contributed by atoms with Gasteiger partial charge in [-0.1, -0.05) is 110 Å². The van der Waals surface area contributed by atoms with Crippen molar-refractivity contribution >= 4 is 68.9 Å². The fourth-order valence-corrected chi connectivity index (χ4v) is 11.3. The summed E-state index contributed by atoms with van der Waals surface area (Å²) in [7, 11) is 0. The molecule has 2 nitrogen and oxygen atoms in total. The number of rotatable bonds is 21. The van der Waals surface area contributed by atoms with Crippen molar-refractivity contribution in [3.8, 4) is 29.3 Å². The fraction of sp³-hybridized carbons (Fsp3) is 0.556. The monoisotopic (exact) mass is 670 g/mol. The Kier molecular flexibility index (Phi) is 13.9. The largest absolute Gasteiger partial charge is 0.309 e. The van der Waals surface area contributed by atoms with E-state index in [0.717, 1.165) is 0 Å². The third-order valence-electron chi connectivity index (χ3n) is 8.49. The van der Waals surface area contributed by atoms with Crippen molar-refractivity contribution in [1.29, 1.82) is 0 Å². The van der Waals surface area contributed by atoms with Gasteiger partial charge in [-0.3, -0.25) is 0 Å². The Morgan fingerprint density at radius 3 is 1.79 bits per heavy atom. The van der Waals surface area contributed by atoms with Gasteiger partial charge in [0.1, 0.15) is 0 Å². The molecule has 0 unspecified atom stereocenters. The topological polar surface area (TPSA) is 24.1 Å². The van der Waals surface area contributed by atoms with Crippen molar-refractivity contribution in [3.05, 3.63) is 46.2 Å². The first-order valence-electron chi connectivity index (χ1n) is 16.9. The average molecular weight is 671 g/mol. The van der Waals surface area contributed by atoms with Gasteiger partial charge < -0.3 is 9.44 Å². The van der Waals surface area contributed by atoms with Crippen molar-refractivity contribution in [2.24, 2.45) is 0 Å². The quantitative estimate of drug-likeness (QED) is 0.0681. The van der Waals surface area contributed by atoms with E-state index in [-0.39, 0.29) is 0 Å². The van der Waals surface area contributed by atoms with Gasteiger partial charge in [0.15, 0.2) is 0 Å². The highest BCUT2D eigenvalue weighted by Crippen LogP contribution is 2.56. The van der Waals surface area contributed by atoms with Crippen molar-refractivity contribution in [1.82, 2.24) is 0 Å². The third kappa shape index (κ3) is 9.38. The first-order chi connectivity index (χ1) is 21.3. The number of unbranched alkanes of at least 4 members (excludes halogenated alkanes) is 14. The van der Waals surface area contributed by atoms with Crippen LogP contribution in [0.2, 0.25) is 0 Å². The molecule has 2 N–H and O–H groups in total. The lowest BCUT2D eigenvalue weighted by molar-refractivity contribution is 0.576. The van der Waals surface area contributed by atoms with Crippen LogP contribution in [0.4, 0.5) is 11.4 Å². The van der Waals surface area contributed by atoms with Gasteiger partial charge >= 0.3 is 0 Å². The molecular weight excluding hydrogens is 621 g/mol. The molecule has 5 heterocycles. The van der Waals surface area contributed by atoms with E-state index in [2.05, 4.69) is 58.3 Å². The third-order valence-corrected chi connectivity index (χ3v) is 13.9. The van der Waals surface area contributed by atoms with E-state index < -0.39 is 0 Å². The van der Waals surface area contributed by atoms with Crippen LogP contribution in [0.5, 0.6) is 0 Å². The summed E-state index contributed by atoms with van der Waals surface area (Å²) < 4.78 is 7.20. The summed E-state index contributed by atoms with van der Waals surface area (Å²) in [5, 5.41) is 4.62. The maximum Gasteiger partial charge on any atom is 0.0902 e. The van der Waals surface area contributed by atoms with Gasteiger partial charge in [-0.2, -0.15) is 0 Å². The SMILES string of the molecule is CCCCCCCCCCc1csc(-c2sc(-c3cc(CCCCCCCCCC)c(-c4cccs4)s3)c3c2NSN3)c1. The van der Waals surface area contributed by atoms with Gasteiger partial charge in [0.2, 0.25) is 0 Å². The van der Waals surface area contributed by atoms with Gasteiger partial charge in [0, 0.05) is 19.5 Å². The standard InChI is InChI=1S/C36H50N2S5/c1-3-5-7-9-11-13-15-17-20-27-24-30(40-26-27)35-32-33(38-43-37-32)36(42-35)31-25-28(34(41-31)29-22-19-23-39-29)21-18-16-14-12-10-8-6-4-2/h19,22-26,37-38H,3-18,20-21H2,1-2H3. The van der Waals surface area contributed by atoms with Crippen LogP contribution in [0.3, 0.4) is 0 Å². The van der Waals surface area contributed by atoms with E-state index in [1.807, 2.05) is 45.3 Å². The highest BCUT2D eigenvalue weighted by atomic mass is 32.2. The number of fused-ring (bicyclic) bond motifs is 1. The van der Waals surface area contributed by atoms with Gasteiger partial charge in [0.25, 0.3) is 0 Å². The Balaban J connectivity index is 1.23.